The van der Waals surface area contributed by atoms with Crippen LogP contribution in [0.3, 0.4) is 0 Å². The predicted molar refractivity (Wildman–Crippen MR) is 147 cm³/mol. The molecule has 0 atom stereocenters. The SMILES string of the molecule is COc1cc(/C=C2/SC(=S)N(NC(=O)c3ccc(C)cc3Cl)C2=O)ccc1OCc1ccc(C)cc1. The van der Waals surface area contributed by atoms with E-state index in [2.05, 4.69) is 5.43 Å². The highest BCUT2D eigenvalue weighted by Crippen LogP contribution is 2.34. The number of benzene rings is 3. The smallest absolute Gasteiger partial charge is 0.285 e. The number of ether oxygens (including phenoxy) is 2. The number of hydrogen-bond donors (Lipinski definition) is 1. The van der Waals surface area contributed by atoms with Gasteiger partial charge in [0.2, 0.25) is 0 Å². The number of nitrogens with one attached hydrogen (secondary N) is 1. The average molecular weight is 539 g/mol. The molecule has 1 fully saturated rings. The zero-order valence-corrected chi connectivity index (χ0v) is 22.2. The van der Waals surface area contributed by atoms with Gasteiger partial charge in [-0.15, -0.1) is 0 Å². The third-order valence-corrected chi connectivity index (χ3v) is 6.99. The van der Waals surface area contributed by atoms with Gasteiger partial charge in [0.15, 0.2) is 15.8 Å². The van der Waals surface area contributed by atoms with Crippen LogP contribution in [0, 0.1) is 13.8 Å². The molecule has 184 valence electrons. The molecule has 1 N–H and O–H groups in total. The molecule has 4 rings (SSSR count). The molecule has 1 saturated heterocycles. The van der Waals surface area contributed by atoms with Crippen LogP contribution < -0.4 is 14.9 Å². The van der Waals surface area contributed by atoms with Crippen LogP contribution in [0.5, 0.6) is 11.5 Å². The van der Waals surface area contributed by atoms with Gasteiger partial charge in [0.1, 0.15) is 6.61 Å². The maximum atomic E-state index is 13.0. The van der Waals surface area contributed by atoms with Gasteiger partial charge in [-0.05, 0) is 73.1 Å². The fourth-order valence-electron chi connectivity index (χ4n) is 3.42. The van der Waals surface area contributed by atoms with Crippen molar-refractivity contribution in [2.45, 2.75) is 20.5 Å². The lowest BCUT2D eigenvalue weighted by Crippen LogP contribution is -2.44. The zero-order valence-electron chi connectivity index (χ0n) is 19.8. The Morgan fingerprint density at radius 1 is 1.06 bits per heavy atom. The van der Waals surface area contributed by atoms with Gasteiger partial charge in [-0.1, -0.05) is 65.3 Å². The van der Waals surface area contributed by atoms with Crippen LogP contribution in [0.25, 0.3) is 6.08 Å². The van der Waals surface area contributed by atoms with Crippen molar-refractivity contribution in [3.05, 3.63) is 98.4 Å². The van der Waals surface area contributed by atoms with E-state index in [4.69, 9.17) is 33.3 Å². The molecule has 0 radical (unpaired) electrons. The number of methoxy groups -OCH3 is 1. The number of thioether (sulfide) groups is 1. The highest BCUT2D eigenvalue weighted by atomic mass is 35.5. The van der Waals surface area contributed by atoms with Crippen LogP contribution in [-0.4, -0.2) is 28.3 Å². The first kappa shape index (κ1) is 25.8. The Kier molecular flexibility index (Phi) is 7.98. The summed E-state index contributed by atoms with van der Waals surface area (Å²) in [5, 5.41) is 1.35. The second kappa shape index (κ2) is 11.2. The largest absolute Gasteiger partial charge is 0.493 e. The van der Waals surface area contributed by atoms with Gasteiger partial charge >= 0.3 is 0 Å². The van der Waals surface area contributed by atoms with Crippen LogP contribution in [-0.2, 0) is 11.4 Å². The molecule has 3 aromatic carbocycles. The molecule has 1 aliphatic heterocycles. The number of carbonyl (C=O) groups is 2. The number of nitrogens with zero attached hydrogens (tertiary/aromatic N) is 1. The minimum Gasteiger partial charge on any atom is -0.493 e. The molecule has 1 heterocycles. The van der Waals surface area contributed by atoms with Crippen LogP contribution in [0.1, 0.15) is 32.6 Å². The lowest BCUT2D eigenvalue weighted by atomic mass is 10.1. The average Bonchev–Trinajstić information content (AvgIpc) is 3.11. The summed E-state index contributed by atoms with van der Waals surface area (Å²) in [4.78, 5) is 26.0. The number of hydrogen-bond acceptors (Lipinski definition) is 6. The van der Waals surface area contributed by atoms with Gasteiger partial charge in [-0.25, -0.2) is 0 Å². The van der Waals surface area contributed by atoms with Gasteiger partial charge in [0, 0.05) is 0 Å². The molecule has 1 aliphatic rings. The van der Waals surface area contributed by atoms with E-state index < -0.39 is 11.8 Å². The van der Waals surface area contributed by atoms with Crippen LogP contribution in [0.2, 0.25) is 5.02 Å². The molecular weight excluding hydrogens is 516 g/mol. The highest BCUT2D eigenvalue weighted by Gasteiger charge is 2.34. The van der Waals surface area contributed by atoms with E-state index in [1.165, 1.54) is 5.56 Å². The fourth-order valence-corrected chi connectivity index (χ4v) is 4.92. The lowest BCUT2D eigenvalue weighted by molar-refractivity contribution is -0.123. The summed E-state index contributed by atoms with van der Waals surface area (Å²) < 4.78 is 11.6. The first-order chi connectivity index (χ1) is 17.2. The Labute approximate surface area is 224 Å². The van der Waals surface area contributed by atoms with Gasteiger partial charge in [-0.2, -0.15) is 5.01 Å². The first-order valence-electron chi connectivity index (χ1n) is 11.0. The lowest BCUT2D eigenvalue weighted by Gasteiger charge is -2.16. The van der Waals surface area contributed by atoms with Crippen molar-refractivity contribution >= 4 is 57.8 Å². The molecule has 0 saturated carbocycles. The van der Waals surface area contributed by atoms with Crippen molar-refractivity contribution < 1.29 is 19.1 Å². The van der Waals surface area contributed by atoms with Crippen LogP contribution >= 0.6 is 35.6 Å². The third kappa shape index (κ3) is 5.90. The van der Waals surface area contributed by atoms with E-state index in [1.807, 2.05) is 44.2 Å². The summed E-state index contributed by atoms with van der Waals surface area (Å²) in [7, 11) is 1.56. The van der Waals surface area contributed by atoms with Crippen molar-refractivity contribution in [3.8, 4) is 11.5 Å². The van der Waals surface area contributed by atoms with E-state index in [1.54, 1.807) is 43.5 Å². The first-order valence-corrected chi connectivity index (χ1v) is 12.6. The molecule has 9 heteroatoms. The molecule has 36 heavy (non-hydrogen) atoms. The summed E-state index contributed by atoms with van der Waals surface area (Å²) >= 11 is 12.6. The Morgan fingerprint density at radius 3 is 2.47 bits per heavy atom. The number of thiocarbonyl (C=S) groups is 1. The van der Waals surface area contributed by atoms with Gasteiger partial charge < -0.3 is 9.47 Å². The standard InChI is InChI=1S/C27H23ClN2O4S2/c1-16-4-7-18(8-5-16)15-34-22-11-9-19(13-23(22)33-3)14-24-26(32)30(27(35)36-24)29-25(31)20-10-6-17(2)12-21(20)28/h4-14H,15H2,1-3H3,(H,29,31)/b24-14+. The number of rotatable bonds is 7. The Bertz CT molecular complexity index is 1370. The zero-order chi connectivity index (χ0) is 25.8. The van der Waals surface area contributed by atoms with Crippen molar-refractivity contribution in [1.82, 2.24) is 10.4 Å². The monoisotopic (exact) mass is 538 g/mol. The Hall–Kier alpha value is -3.33. The second-order valence-corrected chi connectivity index (χ2v) is 10.2. The number of aryl methyl sites for hydroxylation is 2. The van der Waals surface area contributed by atoms with Crippen LogP contribution in [0.4, 0.5) is 0 Å². The molecule has 0 aromatic heterocycles. The van der Waals surface area contributed by atoms with Gasteiger partial charge in [-0.3, -0.25) is 15.0 Å². The second-order valence-electron chi connectivity index (χ2n) is 8.13. The predicted octanol–water partition coefficient (Wildman–Crippen LogP) is 6.09. The summed E-state index contributed by atoms with van der Waals surface area (Å²) in [6.07, 6.45) is 1.69. The quantitative estimate of drug-likeness (QED) is 0.290. The summed E-state index contributed by atoms with van der Waals surface area (Å²) in [6, 6.07) is 18.6. The summed E-state index contributed by atoms with van der Waals surface area (Å²) in [5.74, 6) is 0.174. The van der Waals surface area contributed by atoms with E-state index >= 15 is 0 Å². The molecule has 0 unspecified atom stereocenters. The highest BCUT2D eigenvalue weighted by molar-refractivity contribution is 8.26. The topological polar surface area (TPSA) is 67.9 Å². The van der Waals surface area contributed by atoms with E-state index in [0.717, 1.165) is 33.5 Å². The maximum Gasteiger partial charge on any atom is 0.285 e. The van der Waals surface area contributed by atoms with Crippen molar-refractivity contribution in [2.75, 3.05) is 7.11 Å². The summed E-state index contributed by atoms with van der Waals surface area (Å²) in [6.45, 7) is 4.31. The number of amides is 2. The minimum absolute atomic E-state index is 0.216. The Morgan fingerprint density at radius 2 is 1.78 bits per heavy atom. The molecule has 0 bridgehead atoms. The number of carbonyl (C=O) groups excluding carboxylic acids is 2. The maximum absolute atomic E-state index is 13.0. The molecule has 2 amide bonds. The van der Waals surface area contributed by atoms with E-state index in [-0.39, 0.29) is 9.88 Å². The van der Waals surface area contributed by atoms with Crippen molar-refractivity contribution in [1.29, 1.82) is 0 Å². The molecule has 0 aliphatic carbocycles. The van der Waals surface area contributed by atoms with E-state index in [0.29, 0.717) is 28.0 Å². The third-order valence-electron chi connectivity index (χ3n) is 5.38. The normalized spacial score (nSPS) is 14.3. The van der Waals surface area contributed by atoms with Crippen molar-refractivity contribution in [3.63, 3.8) is 0 Å². The molecule has 6 nitrogen and oxygen atoms in total. The fraction of sp³-hybridized carbons (Fsp3) is 0.148. The van der Waals surface area contributed by atoms with Gasteiger partial charge in [0.25, 0.3) is 11.8 Å². The van der Waals surface area contributed by atoms with Crippen molar-refractivity contribution in [2.24, 2.45) is 0 Å². The number of hydrazine groups is 1. The Balaban J connectivity index is 1.47. The molecular formula is C27H23ClN2O4S2. The van der Waals surface area contributed by atoms with E-state index in [9.17, 15) is 9.59 Å². The van der Waals surface area contributed by atoms with Crippen LogP contribution in [0.15, 0.2) is 65.6 Å². The minimum atomic E-state index is -0.519. The molecule has 0 spiro atoms. The van der Waals surface area contributed by atoms with Gasteiger partial charge in [0.05, 0.1) is 22.6 Å². The summed E-state index contributed by atoms with van der Waals surface area (Å²) in [5.41, 5.74) is 6.69. The molecule has 3 aromatic rings. The number of halogens is 1.